The van der Waals surface area contributed by atoms with E-state index >= 15 is 0 Å². The lowest BCUT2D eigenvalue weighted by atomic mass is 10.3. The molecular formula is C13H15N3O3S. The topological polar surface area (TPSA) is 94.3 Å². The van der Waals surface area contributed by atoms with E-state index in [9.17, 15) is 8.42 Å². The van der Waals surface area contributed by atoms with Gasteiger partial charge in [-0.15, -0.1) is 0 Å². The van der Waals surface area contributed by atoms with Crippen LogP contribution >= 0.6 is 0 Å². The minimum atomic E-state index is -3.66. The van der Waals surface area contributed by atoms with Gasteiger partial charge < -0.3 is 10.5 Å². The van der Waals surface area contributed by atoms with Gasteiger partial charge in [-0.3, -0.25) is 0 Å². The van der Waals surface area contributed by atoms with Crippen molar-refractivity contribution in [2.45, 2.75) is 4.90 Å². The van der Waals surface area contributed by atoms with Crippen LogP contribution in [0.5, 0.6) is 5.75 Å². The van der Waals surface area contributed by atoms with Gasteiger partial charge >= 0.3 is 0 Å². The van der Waals surface area contributed by atoms with Crippen LogP contribution in [0.2, 0.25) is 0 Å². The van der Waals surface area contributed by atoms with Crippen molar-refractivity contribution in [1.29, 1.82) is 0 Å². The third kappa shape index (κ3) is 3.69. The fourth-order valence-corrected chi connectivity index (χ4v) is 2.66. The molecule has 20 heavy (non-hydrogen) atoms. The minimum Gasteiger partial charge on any atom is -0.492 e. The second-order valence-electron chi connectivity index (χ2n) is 3.95. The predicted octanol–water partition coefficient (Wildman–Crippen LogP) is 1.02. The van der Waals surface area contributed by atoms with Gasteiger partial charge in [0, 0.05) is 12.7 Å². The van der Waals surface area contributed by atoms with Crippen LogP contribution in [-0.2, 0) is 10.0 Å². The quantitative estimate of drug-likeness (QED) is 0.775. The molecule has 2 rings (SSSR count). The molecule has 0 amide bonds. The Morgan fingerprint density at radius 1 is 1.15 bits per heavy atom. The summed E-state index contributed by atoms with van der Waals surface area (Å²) in [5.74, 6) is 0.663. The minimum absolute atomic E-state index is 0.0241. The van der Waals surface area contributed by atoms with Crippen molar-refractivity contribution in [3.63, 3.8) is 0 Å². The zero-order chi connectivity index (χ0) is 14.4. The summed E-state index contributed by atoms with van der Waals surface area (Å²) < 4.78 is 31.8. The standard InChI is InChI=1S/C13H15N3O3S/c14-13-12(7-4-8-15-13)20(17,18)16-9-10-19-11-5-2-1-3-6-11/h1-8,16H,9-10H2,(H2,14,15). The lowest BCUT2D eigenvalue weighted by Crippen LogP contribution is -2.29. The fourth-order valence-electron chi connectivity index (χ4n) is 1.57. The Hall–Kier alpha value is -2.12. The predicted molar refractivity (Wildman–Crippen MR) is 75.8 cm³/mol. The molecule has 106 valence electrons. The summed E-state index contributed by atoms with van der Waals surface area (Å²) in [6, 6.07) is 12.1. The molecule has 3 N–H and O–H groups in total. The largest absolute Gasteiger partial charge is 0.492 e. The summed E-state index contributed by atoms with van der Waals surface area (Å²) in [6.45, 7) is 0.370. The number of ether oxygens (including phenoxy) is 1. The Morgan fingerprint density at radius 3 is 2.60 bits per heavy atom. The molecule has 0 radical (unpaired) electrons. The monoisotopic (exact) mass is 293 g/mol. The molecule has 1 aromatic heterocycles. The zero-order valence-electron chi connectivity index (χ0n) is 10.7. The van der Waals surface area contributed by atoms with E-state index in [4.69, 9.17) is 10.5 Å². The summed E-state index contributed by atoms with van der Waals surface area (Å²) in [7, 11) is -3.66. The number of hydrogen-bond donors (Lipinski definition) is 2. The van der Waals surface area contributed by atoms with E-state index in [2.05, 4.69) is 9.71 Å². The highest BCUT2D eigenvalue weighted by atomic mass is 32.2. The molecular weight excluding hydrogens is 278 g/mol. The highest BCUT2D eigenvalue weighted by Gasteiger charge is 2.16. The van der Waals surface area contributed by atoms with Crippen molar-refractivity contribution in [1.82, 2.24) is 9.71 Å². The molecule has 0 saturated carbocycles. The van der Waals surface area contributed by atoms with Gasteiger partial charge in [-0.25, -0.2) is 18.1 Å². The molecule has 0 spiro atoms. The van der Waals surface area contributed by atoms with E-state index in [1.165, 1.54) is 18.3 Å². The van der Waals surface area contributed by atoms with Gasteiger partial charge in [0.25, 0.3) is 0 Å². The Bertz CT molecular complexity index is 660. The Kier molecular flexibility index (Phi) is 4.54. The fraction of sp³-hybridized carbons (Fsp3) is 0.154. The number of benzene rings is 1. The molecule has 0 aliphatic heterocycles. The number of para-hydroxylation sites is 1. The van der Waals surface area contributed by atoms with E-state index in [0.29, 0.717) is 5.75 Å². The second kappa shape index (κ2) is 6.36. The first-order valence-electron chi connectivity index (χ1n) is 5.97. The van der Waals surface area contributed by atoms with Crippen molar-refractivity contribution in [2.24, 2.45) is 0 Å². The second-order valence-corrected chi connectivity index (χ2v) is 5.68. The lowest BCUT2D eigenvalue weighted by Gasteiger charge is -2.09. The number of nitrogen functional groups attached to an aromatic ring is 1. The number of nitrogens with one attached hydrogen (secondary N) is 1. The molecule has 0 saturated heterocycles. The molecule has 7 heteroatoms. The summed E-state index contributed by atoms with van der Waals surface area (Å²) in [5.41, 5.74) is 5.54. The maximum atomic E-state index is 12.0. The third-order valence-corrected chi connectivity index (χ3v) is 4.00. The molecule has 1 aromatic carbocycles. The smallest absolute Gasteiger partial charge is 0.244 e. The zero-order valence-corrected chi connectivity index (χ0v) is 11.5. The van der Waals surface area contributed by atoms with Crippen LogP contribution in [0.3, 0.4) is 0 Å². The first-order valence-corrected chi connectivity index (χ1v) is 7.46. The number of rotatable bonds is 6. The van der Waals surface area contributed by atoms with Gasteiger partial charge in [-0.05, 0) is 24.3 Å². The van der Waals surface area contributed by atoms with Crippen LogP contribution < -0.4 is 15.2 Å². The normalized spacial score (nSPS) is 11.2. The van der Waals surface area contributed by atoms with Gasteiger partial charge in [-0.1, -0.05) is 18.2 Å². The number of hydrogen-bond acceptors (Lipinski definition) is 5. The summed E-state index contributed by atoms with van der Waals surface area (Å²) in [6.07, 6.45) is 1.44. The van der Waals surface area contributed by atoms with Crippen molar-refractivity contribution in [3.05, 3.63) is 48.7 Å². The molecule has 0 bridgehead atoms. The van der Waals surface area contributed by atoms with Gasteiger partial charge in [-0.2, -0.15) is 0 Å². The number of pyridine rings is 1. The van der Waals surface area contributed by atoms with Crippen molar-refractivity contribution in [2.75, 3.05) is 18.9 Å². The van der Waals surface area contributed by atoms with Gasteiger partial charge in [0.05, 0.1) is 0 Å². The van der Waals surface area contributed by atoms with Gasteiger partial charge in [0.2, 0.25) is 10.0 Å². The van der Waals surface area contributed by atoms with E-state index in [1.807, 2.05) is 18.2 Å². The lowest BCUT2D eigenvalue weighted by molar-refractivity contribution is 0.323. The van der Waals surface area contributed by atoms with Gasteiger partial charge in [0.15, 0.2) is 0 Å². The van der Waals surface area contributed by atoms with E-state index in [0.717, 1.165) is 0 Å². The van der Waals surface area contributed by atoms with Crippen LogP contribution in [0.25, 0.3) is 0 Å². The molecule has 0 unspecified atom stereocenters. The SMILES string of the molecule is Nc1ncccc1S(=O)(=O)NCCOc1ccccc1. The maximum Gasteiger partial charge on any atom is 0.244 e. The summed E-state index contributed by atoms with van der Waals surface area (Å²) in [5, 5.41) is 0. The molecule has 6 nitrogen and oxygen atoms in total. The maximum absolute atomic E-state index is 12.0. The first kappa shape index (κ1) is 14.3. The number of nitrogens with two attached hydrogens (primary N) is 1. The van der Waals surface area contributed by atoms with Crippen LogP contribution in [0.4, 0.5) is 5.82 Å². The number of anilines is 1. The highest BCUT2D eigenvalue weighted by molar-refractivity contribution is 7.89. The molecule has 1 heterocycles. The third-order valence-electron chi connectivity index (χ3n) is 2.50. The molecule has 0 fully saturated rings. The molecule has 0 aliphatic carbocycles. The van der Waals surface area contributed by atoms with Gasteiger partial charge in [0.1, 0.15) is 23.1 Å². The van der Waals surface area contributed by atoms with E-state index in [1.54, 1.807) is 12.1 Å². The van der Waals surface area contributed by atoms with Crippen molar-refractivity contribution >= 4 is 15.8 Å². The molecule has 2 aromatic rings. The number of aromatic nitrogens is 1. The average Bonchev–Trinajstić information content (AvgIpc) is 2.45. The van der Waals surface area contributed by atoms with Crippen molar-refractivity contribution < 1.29 is 13.2 Å². The van der Waals surface area contributed by atoms with Crippen LogP contribution in [0, 0.1) is 0 Å². The first-order chi connectivity index (χ1) is 9.59. The average molecular weight is 293 g/mol. The highest BCUT2D eigenvalue weighted by Crippen LogP contribution is 2.13. The molecule has 0 aliphatic rings. The number of nitrogens with zero attached hydrogens (tertiary/aromatic N) is 1. The van der Waals surface area contributed by atoms with Crippen LogP contribution in [-0.4, -0.2) is 26.6 Å². The Morgan fingerprint density at radius 2 is 1.90 bits per heavy atom. The summed E-state index contributed by atoms with van der Waals surface area (Å²) in [4.78, 5) is 3.72. The van der Waals surface area contributed by atoms with E-state index < -0.39 is 10.0 Å². The molecule has 0 atom stereocenters. The Balaban J connectivity index is 1.89. The van der Waals surface area contributed by atoms with Crippen LogP contribution in [0.15, 0.2) is 53.6 Å². The Labute approximate surface area is 117 Å². The summed E-state index contributed by atoms with van der Waals surface area (Å²) >= 11 is 0. The van der Waals surface area contributed by atoms with E-state index in [-0.39, 0.29) is 23.9 Å². The number of sulfonamides is 1. The van der Waals surface area contributed by atoms with Crippen molar-refractivity contribution in [3.8, 4) is 5.75 Å². The van der Waals surface area contributed by atoms with Crippen LogP contribution in [0.1, 0.15) is 0 Å².